The van der Waals surface area contributed by atoms with E-state index in [1.54, 1.807) is 0 Å². The third kappa shape index (κ3) is 17.6. The van der Waals surface area contributed by atoms with Gasteiger partial charge in [-0.25, -0.2) is 0 Å². The molecule has 1 aromatic rings. The van der Waals surface area contributed by atoms with Crippen molar-refractivity contribution in [3.8, 4) is 5.75 Å². The Hall–Kier alpha value is -5.46. The lowest BCUT2D eigenvalue weighted by atomic mass is 9.91. The minimum absolute atomic E-state index is 0.0143. The van der Waals surface area contributed by atoms with Gasteiger partial charge in [-0.05, 0) is 68.6 Å². The third-order valence-electron chi connectivity index (χ3n) is 14.1. The number of amides is 8. The zero-order valence-corrected chi connectivity index (χ0v) is 42.5. The highest BCUT2D eigenvalue weighted by molar-refractivity contribution is 5.98. The molecule has 4 unspecified atom stereocenters. The molecule has 410 valence electrons. The molecule has 4 rings (SSSR count). The fourth-order valence-electron chi connectivity index (χ4n) is 9.76. The molecule has 8 amide bonds. The number of fused-ring (bicyclic) bond motifs is 2. The predicted molar refractivity (Wildman–Crippen MR) is 263 cm³/mol. The van der Waals surface area contributed by atoms with Gasteiger partial charge in [0.05, 0.1) is 30.8 Å². The Morgan fingerprint density at radius 3 is 2.03 bits per heavy atom. The van der Waals surface area contributed by atoms with E-state index in [-0.39, 0.29) is 50.1 Å². The SMILES string of the molecule is CCC(C)CC(C)CCCCCCCCC(=O)NC1CCCNC(=O)[C@@H]2[C@@H](O)CCN2C(=O)[C@H]([C@H](O)CC(N)=O)NC(=O)[C@H](C(O)[C@H](O)c2ccc(O)cc2)NC(=O)[C@@H]2C[C@@H](O)CN2C(=O)[C@H]([C@@H](C)O)NC1=O. The summed E-state index contributed by atoms with van der Waals surface area (Å²) in [6.45, 7) is 6.97. The largest absolute Gasteiger partial charge is 0.508 e. The van der Waals surface area contributed by atoms with Crippen LogP contribution in [0.2, 0.25) is 0 Å². The van der Waals surface area contributed by atoms with Gasteiger partial charge in [-0.3, -0.25) is 38.4 Å². The summed E-state index contributed by atoms with van der Waals surface area (Å²) in [6, 6.07) is -6.07. The minimum atomic E-state index is -2.30. The molecule has 3 saturated heterocycles. The number of carbonyl (C=O) groups is 8. The Labute approximate surface area is 426 Å². The number of carbonyl (C=O) groups excluding carboxylic acids is 8. The number of nitrogens with one attached hydrogen (secondary N) is 5. The summed E-state index contributed by atoms with van der Waals surface area (Å²) in [5, 5.41) is 89.0. The Bertz CT molecular complexity index is 2030. The molecular formula is C50H80N8O15. The number of primary amides is 1. The third-order valence-corrected chi connectivity index (χ3v) is 14.1. The quantitative estimate of drug-likeness (QED) is 0.0653. The fourth-order valence-corrected chi connectivity index (χ4v) is 9.76. The first-order valence-corrected chi connectivity index (χ1v) is 25.8. The highest BCUT2D eigenvalue weighted by Crippen LogP contribution is 2.26. The van der Waals surface area contributed by atoms with Crippen molar-refractivity contribution in [2.45, 2.75) is 197 Å². The van der Waals surface area contributed by atoms with Crippen molar-refractivity contribution in [1.29, 1.82) is 0 Å². The van der Waals surface area contributed by atoms with Crippen molar-refractivity contribution in [2.24, 2.45) is 17.6 Å². The second kappa shape index (κ2) is 28.8. The van der Waals surface area contributed by atoms with Gasteiger partial charge in [0.15, 0.2) is 0 Å². The number of nitrogens with two attached hydrogens (primary N) is 1. The van der Waals surface area contributed by atoms with Gasteiger partial charge in [0.2, 0.25) is 47.3 Å². The molecule has 0 radical (unpaired) electrons. The van der Waals surface area contributed by atoms with Crippen LogP contribution in [0.4, 0.5) is 0 Å². The number of phenols is 1. The van der Waals surface area contributed by atoms with E-state index < -0.39 is 140 Å². The molecule has 23 nitrogen and oxygen atoms in total. The topological polar surface area (TPSA) is 371 Å². The first-order valence-electron chi connectivity index (χ1n) is 25.8. The van der Waals surface area contributed by atoms with Gasteiger partial charge in [-0.1, -0.05) is 77.8 Å². The first-order chi connectivity index (χ1) is 34.5. The monoisotopic (exact) mass is 1030 g/mol. The Morgan fingerprint density at radius 1 is 0.767 bits per heavy atom. The number of hydrogen-bond donors (Lipinski definition) is 13. The van der Waals surface area contributed by atoms with E-state index in [0.717, 1.165) is 54.0 Å². The first kappa shape index (κ1) is 60.1. The van der Waals surface area contributed by atoms with Crippen molar-refractivity contribution >= 4 is 47.3 Å². The smallest absolute Gasteiger partial charge is 0.248 e. The molecule has 73 heavy (non-hydrogen) atoms. The second-order valence-corrected chi connectivity index (χ2v) is 20.3. The lowest BCUT2D eigenvalue weighted by molar-refractivity contribution is -0.148. The van der Waals surface area contributed by atoms with Gasteiger partial charge >= 0.3 is 0 Å². The van der Waals surface area contributed by atoms with E-state index in [1.165, 1.54) is 38.3 Å². The maximum Gasteiger partial charge on any atom is 0.248 e. The number of hydrogen-bond acceptors (Lipinski definition) is 15. The van der Waals surface area contributed by atoms with Gasteiger partial charge in [-0.15, -0.1) is 0 Å². The summed E-state index contributed by atoms with van der Waals surface area (Å²) >= 11 is 0. The maximum absolute atomic E-state index is 14.3. The Morgan fingerprint density at radius 2 is 1.38 bits per heavy atom. The van der Waals surface area contributed by atoms with Crippen LogP contribution in [0.3, 0.4) is 0 Å². The van der Waals surface area contributed by atoms with Gasteiger partial charge < -0.3 is 77.9 Å². The summed E-state index contributed by atoms with van der Waals surface area (Å²) in [5.41, 5.74) is 5.27. The van der Waals surface area contributed by atoms with E-state index in [4.69, 9.17) is 5.73 Å². The zero-order valence-electron chi connectivity index (χ0n) is 42.5. The van der Waals surface area contributed by atoms with Crippen LogP contribution in [0.1, 0.15) is 136 Å². The number of unbranched alkanes of at least 4 members (excludes halogenated alkanes) is 5. The molecule has 0 bridgehead atoms. The molecule has 3 heterocycles. The molecule has 23 heteroatoms. The van der Waals surface area contributed by atoms with Gasteiger partial charge in [-0.2, -0.15) is 0 Å². The molecule has 0 saturated carbocycles. The average molecular weight is 1030 g/mol. The van der Waals surface area contributed by atoms with Crippen molar-refractivity contribution < 1.29 is 74.1 Å². The van der Waals surface area contributed by atoms with E-state index in [9.17, 15) is 74.1 Å². The number of aliphatic hydroxyl groups is 6. The molecule has 0 spiro atoms. The predicted octanol–water partition coefficient (Wildman–Crippen LogP) is -1.63. The molecule has 0 aromatic heterocycles. The number of phenolic OH excluding ortho intramolecular Hbond substituents is 1. The van der Waals surface area contributed by atoms with Crippen LogP contribution in [0.25, 0.3) is 0 Å². The Kier molecular flexibility index (Phi) is 23.7. The Balaban J connectivity index is 1.64. The standard InChI is InChI=1S/C50H80N8O15/c1-5-27(2)23-28(3)13-10-8-6-7-9-11-15-38(65)53-33-14-12-21-52-48(71)42-35(62)20-22-57(42)50(73)40(36(63)25-37(51)64)55-47(70)41(44(67)43(66)30-16-18-31(60)19-17-30)56-46(69)34-24-32(61)26-58(34)49(72)39(29(4)59)54-45(33)68/h16-19,27-29,32-36,39-44,59-63,66-67H,5-15,20-26H2,1-4H3,(H2,51,64)(H,52,71)(H,53,65)(H,54,68)(H,55,70)(H,56,69)/t27?,28?,29-,32-,33?,34+,35+,36-,39+,40+,41+,42+,43-,44?/m1/s1. The minimum Gasteiger partial charge on any atom is -0.508 e. The van der Waals surface area contributed by atoms with E-state index in [0.29, 0.717) is 18.3 Å². The summed E-state index contributed by atoms with van der Waals surface area (Å²) in [4.78, 5) is 112. The molecule has 3 aliphatic heterocycles. The van der Waals surface area contributed by atoms with Gasteiger partial charge in [0.1, 0.15) is 54.2 Å². The second-order valence-electron chi connectivity index (χ2n) is 20.3. The summed E-state index contributed by atoms with van der Waals surface area (Å²) in [5.74, 6) is -7.14. The molecular weight excluding hydrogens is 953 g/mol. The molecule has 0 aliphatic carbocycles. The van der Waals surface area contributed by atoms with Gasteiger partial charge in [0, 0.05) is 32.5 Å². The van der Waals surface area contributed by atoms with Crippen molar-refractivity contribution in [3.63, 3.8) is 0 Å². The van der Waals surface area contributed by atoms with Crippen LogP contribution in [0.5, 0.6) is 5.75 Å². The lowest BCUT2D eigenvalue weighted by Crippen LogP contribution is -2.64. The van der Waals surface area contributed by atoms with Crippen molar-refractivity contribution in [2.75, 3.05) is 19.6 Å². The molecule has 14 N–H and O–H groups in total. The average Bonchev–Trinajstić information content (AvgIpc) is 3.93. The van der Waals surface area contributed by atoms with Crippen molar-refractivity contribution in [1.82, 2.24) is 36.4 Å². The highest BCUT2D eigenvalue weighted by atomic mass is 16.3. The maximum atomic E-state index is 14.3. The summed E-state index contributed by atoms with van der Waals surface area (Å²) in [6.07, 6.45) is -3.42. The zero-order chi connectivity index (χ0) is 54.1. The lowest BCUT2D eigenvalue weighted by Gasteiger charge is -2.34. The van der Waals surface area contributed by atoms with E-state index >= 15 is 0 Å². The highest BCUT2D eigenvalue weighted by Gasteiger charge is 2.48. The number of rotatable bonds is 20. The molecule has 14 atom stereocenters. The number of benzene rings is 1. The van der Waals surface area contributed by atoms with Crippen LogP contribution in [-0.4, -0.2) is 179 Å². The molecule has 3 fully saturated rings. The summed E-state index contributed by atoms with van der Waals surface area (Å²) < 4.78 is 0. The van der Waals surface area contributed by atoms with Crippen molar-refractivity contribution in [3.05, 3.63) is 29.8 Å². The van der Waals surface area contributed by atoms with Crippen LogP contribution in [0, 0.1) is 11.8 Å². The van der Waals surface area contributed by atoms with Crippen LogP contribution >= 0.6 is 0 Å². The van der Waals surface area contributed by atoms with E-state index in [1.807, 2.05) is 0 Å². The number of nitrogens with zero attached hydrogens (tertiary/aromatic N) is 2. The van der Waals surface area contributed by atoms with Gasteiger partial charge in [0.25, 0.3) is 0 Å². The number of aliphatic hydroxyl groups excluding tert-OH is 6. The summed E-state index contributed by atoms with van der Waals surface area (Å²) in [7, 11) is 0. The molecule has 1 aromatic carbocycles. The molecule has 3 aliphatic rings. The van der Waals surface area contributed by atoms with Crippen LogP contribution in [-0.2, 0) is 38.4 Å². The van der Waals surface area contributed by atoms with E-state index in [2.05, 4.69) is 47.4 Å². The normalized spacial score (nSPS) is 27.4. The fraction of sp³-hybridized carbons (Fsp3) is 0.720. The number of aromatic hydroxyl groups is 1. The van der Waals surface area contributed by atoms with Crippen LogP contribution in [0.15, 0.2) is 24.3 Å². The van der Waals surface area contributed by atoms with Crippen LogP contribution < -0.4 is 32.3 Å².